The summed E-state index contributed by atoms with van der Waals surface area (Å²) in [6, 6.07) is 10.4. The number of pyridine rings is 1. The van der Waals surface area contributed by atoms with E-state index in [1.165, 1.54) is 28.2 Å². The number of hydrogen-bond acceptors (Lipinski definition) is 4. The number of nitrogens with zero attached hydrogens (tertiary/aromatic N) is 4. The Balaban J connectivity index is 1.40. The van der Waals surface area contributed by atoms with Crippen molar-refractivity contribution >= 4 is 41.8 Å². The lowest BCUT2D eigenvalue weighted by Crippen LogP contribution is -2.28. The largest absolute Gasteiger partial charge is 0.345 e. The number of aryl methyl sites for hydroxylation is 1. The van der Waals surface area contributed by atoms with Gasteiger partial charge in [-0.3, -0.25) is 4.90 Å². The summed E-state index contributed by atoms with van der Waals surface area (Å²) in [6.45, 7) is 6.26. The van der Waals surface area contributed by atoms with Crippen LogP contribution in [0.2, 0.25) is 5.02 Å². The van der Waals surface area contributed by atoms with Crippen molar-refractivity contribution in [1.29, 1.82) is 0 Å². The molecule has 1 aliphatic heterocycles. The number of fused-ring (bicyclic) bond motifs is 1. The van der Waals surface area contributed by atoms with Crippen LogP contribution in [0.15, 0.2) is 48.9 Å². The molecule has 0 aliphatic carbocycles. The van der Waals surface area contributed by atoms with Crippen LogP contribution in [-0.2, 0) is 6.54 Å². The van der Waals surface area contributed by atoms with Crippen LogP contribution in [-0.4, -0.2) is 40.4 Å². The first-order valence-electron chi connectivity index (χ1n) is 11.3. The van der Waals surface area contributed by atoms with E-state index in [4.69, 9.17) is 11.6 Å². The van der Waals surface area contributed by atoms with E-state index >= 15 is 0 Å². The van der Waals surface area contributed by atoms with Gasteiger partial charge in [0, 0.05) is 34.4 Å². The van der Waals surface area contributed by atoms with Crippen molar-refractivity contribution in [3.63, 3.8) is 0 Å². The predicted octanol–water partition coefficient (Wildman–Crippen LogP) is 6.55. The molecule has 0 bridgehead atoms. The van der Waals surface area contributed by atoms with Crippen molar-refractivity contribution in [1.82, 2.24) is 24.8 Å². The summed E-state index contributed by atoms with van der Waals surface area (Å²) >= 11 is 4.64. The van der Waals surface area contributed by atoms with Crippen molar-refractivity contribution in [2.24, 2.45) is 0 Å². The van der Waals surface area contributed by atoms with Crippen molar-refractivity contribution in [2.75, 3.05) is 15.5 Å². The average molecular weight is 590 g/mol. The molecular weight excluding hydrogens is 564 g/mol. The van der Waals surface area contributed by atoms with Gasteiger partial charge >= 0.3 is 0 Å². The zero-order valence-electron chi connectivity index (χ0n) is 19.2. The Bertz CT molecular complexity index is 1440. The molecule has 1 N–H and O–H groups in total. The molecule has 0 saturated carbocycles. The molecule has 34 heavy (non-hydrogen) atoms. The van der Waals surface area contributed by atoms with Crippen LogP contribution in [0.4, 0.5) is 4.39 Å². The Morgan fingerprint density at radius 3 is 2.97 bits per heavy atom. The van der Waals surface area contributed by atoms with Gasteiger partial charge in [-0.15, -0.1) is 22.9 Å². The minimum atomic E-state index is -1.50. The second-order valence-corrected chi connectivity index (χ2v) is 14.0. The Hall–Kier alpha value is -2.32. The molecule has 0 amide bonds. The lowest BCUT2D eigenvalue weighted by molar-refractivity contribution is 0.317. The number of rotatable bonds is 4. The molecule has 4 aromatic rings. The van der Waals surface area contributed by atoms with Gasteiger partial charge < -0.3 is 4.98 Å². The minimum absolute atomic E-state index is 0.183. The average Bonchev–Trinajstić information content (AvgIpc) is 3.24. The van der Waals surface area contributed by atoms with E-state index in [2.05, 4.69) is 59.8 Å². The van der Waals surface area contributed by atoms with Crippen molar-refractivity contribution in [3.8, 4) is 15.2 Å². The third kappa shape index (κ3) is 5.03. The van der Waals surface area contributed by atoms with Gasteiger partial charge in [0.1, 0.15) is 5.65 Å². The van der Waals surface area contributed by atoms with Crippen LogP contribution in [0.3, 0.4) is 0 Å². The number of aromatic nitrogens is 4. The SMILES string of the molecule is Cc1ccccc1CN1CCCI(#C[C@H](C)c2nc(-c3c[nH]c4ncc(Cl)cc34)ncc2F)C1. The number of halogens is 3. The van der Waals surface area contributed by atoms with Gasteiger partial charge in [0.2, 0.25) is 0 Å². The number of aromatic amines is 1. The molecule has 8 heteroatoms. The maximum absolute atomic E-state index is 14.8. The first-order valence-corrected chi connectivity index (χ1v) is 15.8. The van der Waals surface area contributed by atoms with Gasteiger partial charge in [0.05, 0.1) is 22.8 Å². The molecule has 5 rings (SSSR count). The quantitative estimate of drug-likeness (QED) is 0.167. The van der Waals surface area contributed by atoms with E-state index in [1.807, 2.05) is 13.0 Å². The number of H-pyrrole nitrogens is 1. The summed E-state index contributed by atoms with van der Waals surface area (Å²) in [6.07, 6.45) is 5.83. The molecule has 1 aliphatic rings. The maximum atomic E-state index is 14.8. The van der Waals surface area contributed by atoms with E-state index in [9.17, 15) is 4.39 Å². The maximum Gasteiger partial charge on any atom is 0.164 e. The minimum Gasteiger partial charge on any atom is -0.345 e. The molecular formula is C26H26ClFIN5. The van der Waals surface area contributed by atoms with E-state index < -0.39 is 19.1 Å². The topological polar surface area (TPSA) is 57.7 Å². The van der Waals surface area contributed by atoms with E-state index in [1.54, 1.807) is 12.4 Å². The first-order chi connectivity index (χ1) is 16.5. The van der Waals surface area contributed by atoms with E-state index in [0.717, 1.165) is 28.6 Å². The van der Waals surface area contributed by atoms with E-state index in [-0.39, 0.29) is 11.7 Å². The van der Waals surface area contributed by atoms with Crippen molar-refractivity contribution in [3.05, 3.63) is 76.6 Å². The second kappa shape index (κ2) is 10.1. The summed E-state index contributed by atoms with van der Waals surface area (Å²) in [7, 11) is 0. The monoisotopic (exact) mass is 589 g/mol. The smallest absolute Gasteiger partial charge is 0.164 e. The van der Waals surface area contributed by atoms with Gasteiger partial charge in [0.15, 0.2) is 11.6 Å². The zero-order chi connectivity index (χ0) is 23.7. The fourth-order valence-electron chi connectivity index (χ4n) is 4.27. The van der Waals surface area contributed by atoms with Crippen LogP contribution < -0.4 is 0 Å². The summed E-state index contributed by atoms with van der Waals surface area (Å²) < 4.78 is 20.9. The number of hydrogen-bond donors (Lipinski definition) is 1. The number of benzene rings is 1. The van der Waals surface area contributed by atoms with Gasteiger partial charge in [-0.2, -0.15) is 0 Å². The summed E-state index contributed by atoms with van der Waals surface area (Å²) in [5, 5.41) is 1.35. The van der Waals surface area contributed by atoms with Gasteiger partial charge in [0.25, 0.3) is 0 Å². The Morgan fingerprint density at radius 1 is 1.26 bits per heavy atom. The van der Waals surface area contributed by atoms with Crippen LogP contribution in [0.1, 0.15) is 36.1 Å². The van der Waals surface area contributed by atoms with Crippen molar-refractivity contribution < 1.29 is 4.39 Å². The normalized spacial score (nSPS) is 16.0. The number of nitrogens with one attached hydrogen (secondary N) is 1. The molecule has 0 spiro atoms. The molecule has 176 valence electrons. The lowest BCUT2D eigenvalue weighted by atomic mass is 10.1. The summed E-state index contributed by atoms with van der Waals surface area (Å²) in [5.41, 5.74) is 4.58. The second-order valence-electron chi connectivity index (χ2n) is 8.61. The molecule has 1 aromatic carbocycles. The van der Waals surface area contributed by atoms with Gasteiger partial charge in [-0.1, -0.05) is 35.9 Å². The molecule has 4 heterocycles. The number of alkyl halides is 2. The Morgan fingerprint density at radius 2 is 2.12 bits per heavy atom. The highest BCUT2D eigenvalue weighted by Gasteiger charge is 2.18. The predicted molar refractivity (Wildman–Crippen MR) is 144 cm³/mol. The van der Waals surface area contributed by atoms with Gasteiger partial charge in [-0.25, -0.2) is 19.3 Å². The summed E-state index contributed by atoms with van der Waals surface area (Å²) in [4.78, 5) is 18.8. The lowest BCUT2D eigenvalue weighted by Gasteiger charge is -2.28. The third-order valence-corrected chi connectivity index (χ3v) is 11.9. The zero-order valence-corrected chi connectivity index (χ0v) is 22.1. The van der Waals surface area contributed by atoms with E-state index in [0.29, 0.717) is 22.2 Å². The molecule has 5 nitrogen and oxygen atoms in total. The fraction of sp³-hybridized carbons (Fsp3) is 0.308. The first kappa shape index (κ1) is 23.4. The summed E-state index contributed by atoms with van der Waals surface area (Å²) in [5.74, 6) is -0.101. The molecule has 3 aromatic heterocycles. The highest BCUT2D eigenvalue weighted by atomic mass is 127. The van der Waals surface area contributed by atoms with Crippen LogP contribution in [0, 0.1) is 16.6 Å². The standard InChI is InChI=1S/C26H26ClFIN5/c1-17-6-3-4-7-19(17)15-34-9-5-8-29(16-34)11-18(2)24-23(28)14-32-26(33-24)22-13-31-25-21(22)10-20(27)12-30-25/h3-4,6-7,10,12-14,18H,5,8-9,15-16H2,1-2H3,(H,30,31)/t18-/m0/s1. The van der Waals surface area contributed by atoms with Gasteiger partial charge in [-0.05, 0) is 48.4 Å². The molecule has 1 fully saturated rings. The highest BCUT2D eigenvalue weighted by molar-refractivity contribution is 14.2. The molecule has 1 atom stereocenters. The highest BCUT2D eigenvalue weighted by Crippen LogP contribution is 2.33. The van der Waals surface area contributed by atoms with Crippen LogP contribution >= 0.6 is 30.7 Å². The van der Waals surface area contributed by atoms with Crippen LogP contribution in [0.25, 0.3) is 22.4 Å². The molecule has 0 unspecified atom stereocenters. The molecule has 1 saturated heterocycles. The van der Waals surface area contributed by atoms with Crippen molar-refractivity contribution in [2.45, 2.75) is 32.7 Å². The van der Waals surface area contributed by atoms with Crippen LogP contribution in [0.5, 0.6) is 0 Å². The molecule has 0 radical (unpaired) electrons. The fourth-order valence-corrected chi connectivity index (χ4v) is 9.90. The third-order valence-electron chi connectivity index (χ3n) is 6.04. The Labute approximate surface area is 210 Å². The Kier molecular flexibility index (Phi) is 6.97.